The average Bonchev–Trinajstić information content (AvgIpc) is 2.62. The van der Waals surface area contributed by atoms with E-state index in [0.29, 0.717) is 10.7 Å². The molecule has 2 aromatic rings. The molecule has 0 aliphatic carbocycles. The van der Waals surface area contributed by atoms with Gasteiger partial charge >= 0.3 is 6.18 Å². The number of benzene rings is 2. The molecule has 0 atom stereocenters. The predicted octanol–water partition coefficient (Wildman–Crippen LogP) is 4.73. The van der Waals surface area contributed by atoms with Crippen molar-refractivity contribution in [2.45, 2.75) is 25.4 Å². The van der Waals surface area contributed by atoms with E-state index in [1.807, 2.05) is 31.2 Å². The van der Waals surface area contributed by atoms with E-state index in [4.69, 9.17) is 0 Å². The molecule has 1 amide bonds. The van der Waals surface area contributed by atoms with Gasteiger partial charge in [0, 0.05) is 17.4 Å². The van der Waals surface area contributed by atoms with Crippen molar-refractivity contribution in [3.05, 3.63) is 75.3 Å². The molecule has 0 radical (unpaired) electrons. The van der Waals surface area contributed by atoms with Crippen LogP contribution >= 0.6 is 11.8 Å². The molecular weight excluding hydrogens is 393 g/mol. The first kappa shape index (κ1) is 21.7. The summed E-state index contributed by atoms with van der Waals surface area (Å²) in [6.45, 7) is 0.0157. The number of rotatable bonds is 8. The van der Waals surface area contributed by atoms with Gasteiger partial charge in [0.25, 0.3) is 5.69 Å². The Morgan fingerprint density at radius 3 is 2.39 bits per heavy atom. The lowest BCUT2D eigenvalue weighted by Crippen LogP contribution is -2.39. The minimum Gasteiger partial charge on any atom is -0.328 e. The van der Waals surface area contributed by atoms with Crippen LogP contribution in [0.25, 0.3) is 0 Å². The predicted molar refractivity (Wildman–Crippen MR) is 102 cm³/mol. The highest BCUT2D eigenvalue weighted by atomic mass is 32.2. The largest absolute Gasteiger partial charge is 0.406 e. The van der Waals surface area contributed by atoms with Crippen molar-refractivity contribution in [1.29, 1.82) is 0 Å². The zero-order chi connectivity index (χ0) is 20.7. The molecule has 0 spiro atoms. The van der Waals surface area contributed by atoms with Crippen LogP contribution in [0.1, 0.15) is 16.7 Å². The van der Waals surface area contributed by atoms with Gasteiger partial charge in [-0.25, -0.2) is 0 Å². The van der Waals surface area contributed by atoms with Gasteiger partial charge in [0.1, 0.15) is 6.54 Å². The fourth-order valence-corrected chi connectivity index (χ4v) is 3.40. The van der Waals surface area contributed by atoms with Crippen molar-refractivity contribution in [3.8, 4) is 0 Å². The Hall–Kier alpha value is -2.55. The molecule has 0 aliphatic heterocycles. The molecule has 0 saturated carbocycles. The monoisotopic (exact) mass is 412 g/mol. The van der Waals surface area contributed by atoms with Crippen molar-refractivity contribution in [3.63, 3.8) is 0 Å². The Morgan fingerprint density at radius 2 is 1.79 bits per heavy atom. The molecular formula is C19H19F3N2O3S. The number of carbonyl (C=O) groups excluding carboxylic acids is 1. The van der Waals surface area contributed by atoms with Crippen LogP contribution in [0.4, 0.5) is 18.9 Å². The Kier molecular flexibility index (Phi) is 7.45. The fraction of sp³-hybridized carbons (Fsp3) is 0.316. The lowest BCUT2D eigenvalue weighted by atomic mass is 10.1. The zero-order valence-corrected chi connectivity index (χ0v) is 15.9. The van der Waals surface area contributed by atoms with Crippen LogP contribution in [0, 0.1) is 17.0 Å². The first-order valence-electron chi connectivity index (χ1n) is 8.36. The average molecular weight is 412 g/mol. The Labute approximate surface area is 164 Å². The first-order valence-corrected chi connectivity index (χ1v) is 9.51. The van der Waals surface area contributed by atoms with Crippen molar-refractivity contribution in [2.75, 3.05) is 12.3 Å². The summed E-state index contributed by atoms with van der Waals surface area (Å²) in [4.78, 5) is 23.4. The molecule has 0 bridgehead atoms. The molecule has 0 N–H and O–H groups in total. The van der Waals surface area contributed by atoms with E-state index in [1.165, 1.54) is 36.0 Å². The minimum absolute atomic E-state index is 0.0636. The van der Waals surface area contributed by atoms with Crippen molar-refractivity contribution < 1.29 is 22.9 Å². The summed E-state index contributed by atoms with van der Waals surface area (Å²) < 4.78 is 38.8. The van der Waals surface area contributed by atoms with E-state index in [0.717, 1.165) is 11.1 Å². The fourth-order valence-electron chi connectivity index (χ4n) is 2.51. The lowest BCUT2D eigenvalue weighted by Gasteiger charge is -2.24. The van der Waals surface area contributed by atoms with Gasteiger partial charge in [0.05, 0.1) is 17.2 Å². The maximum atomic E-state index is 12.9. The molecule has 0 saturated heterocycles. The Balaban J connectivity index is 2.06. The number of para-hydroxylation sites is 1. The number of carbonyl (C=O) groups is 1. The molecule has 0 aliphatic rings. The third kappa shape index (κ3) is 6.88. The number of aryl methyl sites for hydroxylation is 1. The molecule has 9 heteroatoms. The number of alkyl halides is 3. The minimum atomic E-state index is -4.60. The van der Waals surface area contributed by atoms with Crippen LogP contribution in [0.2, 0.25) is 0 Å². The molecule has 2 aromatic carbocycles. The van der Waals surface area contributed by atoms with Gasteiger partial charge in [0.2, 0.25) is 5.91 Å². The van der Waals surface area contributed by atoms with Gasteiger partial charge in [-0.1, -0.05) is 48.0 Å². The number of hydrogen-bond acceptors (Lipinski definition) is 4. The topological polar surface area (TPSA) is 63.5 Å². The van der Waals surface area contributed by atoms with Crippen LogP contribution in [-0.4, -0.2) is 34.2 Å². The second-order valence-electron chi connectivity index (χ2n) is 6.23. The summed E-state index contributed by atoms with van der Waals surface area (Å²) in [5.41, 5.74) is 1.80. The summed E-state index contributed by atoms with van der Waals surface area (Å²) in [5, 5.41) is 11.1. The summed E-state index contributed by atoms with van der Waals surface area (Å²) in [6.07, 6.45) is -4.60. The van der Waals surface area contributed by atoms with Gasteiger partial charge in [-0.15, -0.1) is 11.8 Å². The number of thioether (sulfide) groups is 1. The molecule has 28 heavy (non-hydrogen) atoms. The number of nitro groups is 1. The van der Waals surface area contributed by atoms with Gasteiger partial charge < -0.3 is 4.90 Å². The third-order valence-electron chi connectivity index (χ3n) is 3.89. The van der Waals surface area contributed by atoms with Crippen molar-refractivity contribution >= 4 is 23.4 Å². The highest BCUT2D eigenvalue weighted by Gasteiger charge is 2.33. The first-order chi connectivity index (χ1) is 13.2. The Bertz CT molecular complexity index is 826. The van der Waals surface area contributed by atoms with E-state index in [9.17, 15) is 28.1 Å². The number of amides is 1. The van der Waals surface area contributed by atoms with Gasteiger partial charge in [-0.05, 0) is 12.5 Å². The molecule has 150 valence electrons. The SMILES string of the molecule is Cc1ccc(CSCC(=O)N(Cc2ccccc2[N+](=O)[O-])CC(F)(F)F)cc1. The summed E-state index contributed by atoms with van der Waals surface area (Å²) in [7, 11) is 0. The summed E-state index contributed by atoms with van der Waals surface area (Å²) in [5.74, 6) is -0.380. The van der Waals surface area contributed by atoms with Crippen LogP contribution in [-0.2, 0) is 17.1 Å². The van der Waals surface area contributed by atoms with E-state index in [2.05, 4.69) is 0 Å². The second kappa shape index (κ2) is 9.59. The highest BCUT2D eigenvalue weighted by Crippen LogP contribution is 2.24. The van der Waals surface area contributed by atoms with Crippen LogP contribution in [0.5, 0.6) is 0 Å². The maximum Gasteiger partial charge on any atom is 0.406 e. The number of nitrogens with zero attached hydrogens (tertiary/aromatic N) is 2. The maximum absolute atomic E-state index is 12.9. The molecule has 5 nitrogen and oxygen atoms in total. The van der Waals surface area contributed by atoms with Crippen molar-refractivity contribution in [2.24, 2.45) is 0 Å². The number of halogens is 3. The molecule has 0 fully saturated rings. The number of hydrogen-bond donors (Lipinski definition) is 0. The smallest absolute Gasteiger partial charge is 0.328 e. The second-order valence-corrected chi connectivity index (χ2v) is 7.21. The van der Waals surface area contributed by atoms with E-state index in [1.54, 1.807) is 0 Å². The normalized spacial score (nSPS) is 11.3. The van der Waals surface area contributed by atoms with Gasteiger partial charge in [0.15, 0.2) is 0 Å². The summed E-state index contributed by atoms with van der Waals surface area (Å²) in [6, 6.07) is 13.1. The molecule has 0 aromatic heterocycles. The van der Waals surface area contributed by atoms with Crippen molar-refractivity contribution in [1.82, 2.24) is 4.90 Å². The van der Waals surface area contributed by atoms with Gasteiger partial charge in [-0.3, -0.25) is 14.9 Å². The lowest BCUT2D eigenvalue weighted by molar-refractivity contribution is -0.385. The summed E-state index contributed by atoms with van der Waals surface area (Å²) >= 11 is 1.20. The Morgan fingerprint density at radius 1 is 1.14 bits per heavy atom. The highest BCUT2D eigenvalue weighted by molar-refractivity contribution is 7.99. The third-order valence-corrected chi connectivity index (χ3v) is 4.88. The number of nitro benzene ring substituents is 1. The van der Waals surface area contributed by atoms with Gasteiger partial charge in [-0.2, -0.15) is 13.2 Å². The quantitative estimate of drug-likeness (QED) is 0.465. The van der Waals surface area contributed by atoms with Crippen LogP contribution in [0.3, 0.4) is 0 Å². The van der Waals surface area contributed by atoms with E-state index in [-0.39, 0.29) is 17.0 Å². The van der Waals surface area contributed by atoms with E-state index < -0.39 is 30.1 Å². The molecule has 0 heterocycles. The molecule has 2 rings (SSSR count). The molecule has 0 unspecified atom stereocenters. The van der Waals surface area contributed by atoms with E-state index >= 15 is 0 Å². The standard InChI is InChI=1S/C19H19F3N2O3S/c1-14-6-8-15(9-7-14)11-28-12-18(25)23(13-19(20,21)22)10-16-4-2-3-5-17(16)24(26)27/h2-9H,10-13H2,1H3. The van der Waals surface area contributed by atoms with Crippen LogP contribution in [0.15, 0.2) is 48.5 Å². The van der Waals surface area contributed by atoms with Crippen LogP contribution < -0.4 is 0 Å². The zero-order valence-electron chi connectivity index (χ0n) is 15.1.